The van der Waals surface area contributed by atoms with Crippen LogP contribution in [0.4, 0.5) is 5.69 Å². The van der Waals surface area contributed by atoms with Crippen LogP contribution in [-0.2, 0) is 4.79 Å². The first-order valence-electron chi connectivity index (χ1n) is 7.10. The van der Waals surface area contributed by atoms with Gasteiger partial charge in [0.1, 0.15) is 17.4 Å². The van der Waals surface area contributed by atoms with E-state index in [1.54, 1.807) is 38.1 Å². The zero-order chi connectivity index (χ0) is 17.9. The van der Waals surface area contributed by atoms with E-state index < -0.39 is 16.9 Å². The summed E-state index contributed by atoms with van der Waals surface area (Å²) in [5.41, 5.74) is 3.53. The number of hydrogen-bond acceptors (Lipinski definition) is 5. The third kappa shape index (κ3) is 3.60. The van der Waals surface area contributed by atoms with E-state index in [1.165, 1.54) is 17.8 Å². The summed E-state index contributed by atoms with van der Waals surface area (Å²) in [6.45, 7) is 4.67. The number of rotatable bonds is 5. The fourth-order valence-corrected chi connectivity index (χ4v) is 2.43. The van der Waals surface area contributed by atoms with Gasteiger partial charge in [-0.25, -0.2) is 5.43 Å². The van der Waals surface area contributed by atoms with Crippen LogP contribution in [0.3, 0.4) is 0 Å². The Morgan fingerprint density at radius 1 is 1.46 bits per heavy atom. The van der Waals surface area contributed by atoms with Crippen LogP contribution in [0.15, 0.2) is 29.4 Å². The van der Waals surface area contributed by atoms with Gasteiger partial charge in [-0.15, -0.1) is 0 Å². The summed E-state index contributed by atoms with van der Waals surface area (Å²) >= 11 is 5.99. The third-order valence-corrected chi connectivity index (χ3v) is 3.84. The second kappa shape index (κ2) is 7.22. The number of carbonyl (C=O) groups excluding carboxylic acids is 1. The normalized spacial score (nSPS) is 12.3. The summed E-state index contributed by atoms with van der Waals surface area (Å²) in [7, 11) is 0. The molecule has 0 fully saturated rings. The van der Waals surface area contributed by atoms with E-state index in [1.807, 2.05) is 0 Å². The molecule has 1 aromatic carbocycles. The van der Waals surface area contributed by atoms with Crippen LogP contribution in [0, 0.1) is 24.0 Å². The fraction of sp³-hybridized carbons (Fsp3) is 0.267. The van der Waals surface area contributed by atoms with E-state index in [4.69, 9.17) is 11.6 Å². The number of nitro groups is 1. The molecule has 1 N–H and O–H groups in total. The van der Waals surface area contributed by atoms with Crippen LogP contribution >= 0.6 is 11.6 Å². The van der Waals surface area contributed by atoms with E-state index in [2.05, 4.69) is 15.6 Å². The van der Waals surface area contributed by atoms with Gasteiger partial charge in [-0.1, -0.05) is 29.8 Å². The molecule has 9 heteroatoms. The number of hydrazone groups is 1. The van der Waals surface area contributed by atoms with Crippen LogP contribution in [-0.4, -0.2) is 26.8 Å². The number of halogens is 1. The summed E-state index contributed by atoms with van der Waals surface area (Å²) in [6.07, 6.45) is 1.43. The molecule has 2 rings (SSSR count). The Labute approximate surface area is 143 Å². The molecule has 1 atom stereocenters. The highest BCUT2D eigenvalue weighted by Crippen LogP contribution is 2.24. The van der Waals surface area contributed by atoms with Gasteiger partial charge in [0, 0.05) is 10.6 Å². The monoisotopic (exact) mass is 349 g/mol. The lowest BCUT2D eigenvalue weighted by atomic mass is 10.2. The first-order valence-corrected chi connectivity index (χ1v) is 7.48. The zero-order valence-corrected chi connectivity index (χ0v) is 14.1. The topological polar surface area (TPSA) is 102 Å². The van der Waals surface area contributed by atoms with Crippen LogP contribution < -0.4 is 5.43 Å². The molecule has 0 aliphatic rings. The largest absolute Gasteiger partial charge is 0.312 e. The lowest BCUT2D eigenvalue weighted by molar-refractivity contribution is -0.386. The first-order chi connectivity index (χ1) is 11.3. The Bertz CT molecular complexity index is 815. The van der Waals surface area contributed by atoms with E-state index in [-0.39, 0.29) is 11.4 Å². The SMILES string of the molecule is Cc1nn(C(C)C(=O)NN=Cc2ccccc2Cl)c(C)c1[N+](=O)[O-]. The Balaban J connectivity index is 2.12. The number of carbonyl (C=O) groups is 1. The predicted octanol–water partition coefficient (Wildman–Crippen LogP) is 2.77. The number of benzene rings is 1. The Morgan fingerprint density at radius 2 is 2.12 bits per heavy atom. The van der Waals surface area contributed by atoms with Crippen molar-refractivity contribution in [2.24, 2.45) is 5.10 Å². The van der Waals surface area contributed by atoms with Crippen molar-refractivity contribution in [3.63, 3.8) is 0 Å². The smallest absolute Gasteiger partial charge is 0.271 e. The third-order valence-electron chi connectivity index (χ3n) is 3.50. The standard InChI is InChI=1S/C15H16ClN5O3/c1-9-14(21(23)24)10(2)20(19-9)11(3)15(22)18-17-8-12-6-4-5-7-13(12)16/h4-8,11H,1-3H3,(H,18,22). The summed E-state index contributed by atoms with van der Waals surface area (Å²) in [4.78, 5) is 22.7. The van der Waals surface area contributed by atoms with Crippen molar-refractivity contribution >= 4 is 29.4 Å². The molecule has 0 saturated heterocycles. The summed E-state index contributed by atoms with van der Waals surface area (Å²) in [5.74, 6) is -0.446. The van der Waals surface area contributed by atoms with Gasteiger partial charge in [-0.05, 0) is 26.8 Å². The van der Waals surface area contributed by atoms with Crippen molar-refractivity contribution in [1.29, 1.82) is 0 Å². The minimum Gasteiger partial charge on any atom is -0.271 e. The number of hydrogen-bond donors (Lipinski definition) is 1. The lowest BCUT2D eigenvalue weighted by Gasteiger charge is -2.11. The maximum atomic E-state index is 12.2. The minimum atomic E-state index is -0.749. The molecule has 126 valence electrons. The molecule has 1 heterocycles. The van der Waals surface area contributed by atoms with Crippen LogP contribution in [0.25, 0.3) is 0 Å². The molecular formula is C15H16ClN5O3. The highest BCUT2D eigenvalue weighted by Gasteiger charge is 2.26. The molecule has 0 radical (unpaired) electrons. The minimum absolute atomic E-state index is 0.0887. The molecule has 0 spiro atoms. The molecule has 0 aliphatic carbocycles. The van der Waals surface area contributed by atoms with Gasteiger partial charge in [-0.3, -0.25) is 19.6 Å². The van der Waals surface area contributed by atoms with Crippen LogP contribution in [0.2, 0.25) is 5.02 Å². The molecule has 0 bridgehead atoms. The van der Waals surface area contributed by atoms with Gasteiger partial charge in [-0.2, -0.15) is 10.2 Å². The lowest BCUT2D eigenvalue weighted by Crippen LogP contribution is -2.28. The van der Waals surface area contributed by atoms with E-state index in [9.17, 15) is 14.9 Å². The molecule has 1 aromatic heterocycles. The van der Waals surface area contributed by atoms with Crippen molar-refractivity contribution < 1.29 is 9.72 Å². The van der Waals surface area contributed by atoms with E-state index >= 15 is 0 Å². The predicted molar refractivity (Wildman–Crippen MR) is 90.3 cm³/mol. The van der Waals surface area contributed by atoms with Gasteiger partial charge in [0.2, 0.25) is 0 Å². The maximum Gasteiger partial charge on any atom is 0.312 e. The highest BCUT2D eigenvalue weighted by atomic mass is 35.5. The maximum absolute atomic E-state index is 12.2. The van der Waals surface area contributed by atoms with Crippen molar-refractivity contribution in [1.82, 2.24) is 15.2 Å². The molecule has 1 unspecified atom stereocenters. The van der Waals surface area contributed by atoms with Gasteiger partial charge in [0.15, 0.2) is 0 Å². The van der Waals surface area contributed by atoms with Gasteiger partial charge in [0.05, 0.1) is 11.1 Å². The summed E-state index contributed by atoms with van der Waals surface area (Å²) in [5, 5.41) is 19.5. The van der Waals surface area contributed by atoms with Gasteiger partial charge >= 0.3 is 5.69 Å². The molecule has 0 aliphatic heterocycles. The molecule has 0 saturated carbocycles. The van der Waals surface area contributed by atoms with Gasteiger partial charge in [0.25, 0.3) is 5.91 Å². The van der Waals surface area contributed by atoms with E-state index in [0.717, 1.165) is 0 Å². The summed E-state index contributed by atoms with van der Waals surface area (Å²) < 4.78 is 1.31. The van der Waals surface area contributed by atoms with Crippen LogP contribution in [0.5, 0.6) is 0 Å². The number of amides is 1. The highest BCUT2D eigenvalue weighted by molar-refractivity contribution is 6.33. The Hall–Kier alpha value is -2.74. The molecular weight excluding hydrogens is 334 g/mol. The molecule has 8 nitrogen and oxygen atoms in total. The average molecular weight is 350 g/mol. The Kier molecular flexibility index (Phi) is 5.30. The second-order valence-corrected chi connectivity index (χ2v) is 5.56. The fourth-order valence-electron chi connectivity index (χ4n) is 2.25. The first kappa shape index (κ1) is 17.6. The quantitative estimate of drug-likeness (QED) is 0.509. The Morgan fingerprint density at radius 3 is 2.71 bits per heavy atom. The van der Waals surface area contributed by atoms with Crippen molar-refractivity contribution in [3.05, 3.63) is 56.4 Å². The number of nitrogens with zero attached hydrogens (tertiary/aromatic N) is 4. The number of aromatic nitrogens is 2. The molecule has 24 heavy (non-hydrogen) atoms. The van der Waals surface area contributed by atoms with Crippen molar-refractivity contribution in [2.45, 2.75) is 26.8 Å². The van der Waals surface area contributed by atoms with E-state index in [0.29, 0.717) is 16.3 Å². The average Bonchev–Trinajstić information content (AvgIpc) is 2.83. The summed E-state index contributed by atoms with van der Waals surface area (Å²) in [6, 6.07) is 6.30. The number of aryl methyl sites for hydroxylation is 1. The van der Waals surface area contributed by atoms with Crippen molar-refractivity contribution in [3.8, 4) is 0 Å². The zero-order valence-electron chi connectivity index (χ0n) is 13.4. The van der Waals surface area contributed by atoms with Gasteiger partial charge < -0.3 is 0 Å². The van der Waals surface area contributed by atoms with Crippen molar-refractivity contribution in [2.75, 3.05) is 0 Å². The van der Waals surface area contributed by atoms with Crippen LogP contribution in [0.1, 0.15) is 29.9 Å². The second-order valence-electron chi connectivity index (χ2n) is 5.15. The number of nitrogens with one attached hydrogen (secondary N) is 1. The molecule has 2 aromatic rings. The molecule has 1 amide bonds.